The molecule has 0 radical (unpaired) electrons. The third-order valence-electron chi connectivity index (χ3n) is 4.00. The van der Waals surface area contributed by atoms with E-state index in [1.807, 2.05) is 32.0 Å². The SMILES string of the molecule is Cc1ccc(C)c(OCC(=O)OCC(=O)N(C)CC(=O)Nc2ccccc2Cl)c1. The van der Waals surface area contributed by atoms with Crippen molar-refractivity contribution in [1.82, 2.24) is 4.90 Å². The summed E-state index contributed by atoms with van der Waals surface area (Å²) in [4.78, 5) is 37.1. The van der Waals surface area contributed by atoms with Gasteiger partial charge in [-0.15, -0.1) is 0 Å². The largest absolute Gasteiger partial charge is 0.482 e. The van der Waals surface area contributed by atoms with E-state index in [-0.39, 0.29) is 13.2 Å². The molecule has 0 atom stereocenters. The van der Waals surface area contributed by atoms with E-state index >= 15 is 0 Å². The Labute approximate surface area is 174 Å². The lowest BCUT2D eigenvalue weighted by Gasteiger charge is -2.17. The van der Waals surface area contributed by atoms with E-state index in [1.54, 1.807) is 24.3 Å². The number of carbonyl (C=O) groups is 3. The number of halogens is 1. The normalized spacial score (nSPS) is 10.2. The summed E-state index contributed by atoms with van der Waals surface area (Å²) in [7, 11) is 1.44. The van der Waals surface area contributed by atoms with Gasteiger partial charge in [-0.05, 0) is 43.2 Å². The Hall–Kier alpha value is -3.06. The molecular weight excluding hydrogens is 396 g/mol. The number of ether oxygens (including phenoxy) is 2. The van der Waals surface area contributed by atoms with Crippen LogP contribution in [0.4, 0.5) is 5.69 Å². The number of aryl methyl sites for hydroxylation is 2. The molecule has 154 valence electrons. The van der Waals surface area contributed by atoms with Crippen LogP contribution in [0.25, 0.3) is 0 Å². The minimum Gasteiger partial charge on any atom is -0.482 e. The van der Waals surface area contributed by atoms with Crippen molar-refractivity contribution in [3.05, 3.63) is 58.6 Å². The topological polar surface area (TPSA) is 84.9 Å². The lowest BCUT2D eigenvalue weighted by atomic mass is 10.1. The van der Waals surface area contributed by atoms with Crippen molar-refractivity contribution in [2.24, 2.45) is 0 Å². The molecule has 0 aliphatic heterocycles. The minimum absolute atomic E-state index is 0.208. The van der Waals surface area contributed by atoms with Gasteiger partial charge in [0.05, 0.1) is 17.3 Å². The zero-order valence-electron chi connectivity index (χ0n) is 16.5. The summed E-state index contributed by atoms with van der Waals surface area (Å²) >= 11 is 5.98. The molecule has 2 aromatic rings. The van der Waals surface area contributed by atoms with Crippen molar-refractivity contribution in [1.29, 1.82) is 0 Å². The van der Waals surface area contributed by atoms with Gasteiger partial charge >= 0.3 is 5.97 Å². The summed E-state index contributed by atoms with van der Waals surface area (Å²) in [6.07, 6.45) is 0. The highest BCUT2D eigenvalue weighted by Crippen LogP contribution is 2.20. The van der Waals surface area contributed by atoms with Crippen LogP contribution in [0.1, 0.15) is 11.1 Å². The quantitative estimate of drug-likeness (QED) is 0.666. The average Bonchev–Trinajstić information content (AvgIpc) is 2.68. The van der Waals surface area contributed by atoms with Crippen LogP contribution in [0, 0.1) is 13.8 Å². The monoisotopic (exact) mass is 418 g/mol. The van der Waals surface area contributed by atoms with Gasteiger partial charge in [-0.25, -0.2) is 4.79 Å². The van der Waals surface area contributed by atoms with Crippen LogP contribution in [-0.2, 0) is 19.1 Å². The molecule has 0 spiro atoms. The highest BCUT2D eigenvalue weighted by molar-refractivity contribution is 6.33. The number of amides is 2. The number of nitrogens with zero attached hydrogens (tertiary/aromatic N) is 1. The molecule has 29 heavy (non-hydrogen) atoms. The Morgan fingerprint density at radius 3 is 2.52 bits per heavy atom. The summed E-state index contributed by atoms with van der Waals surface area (Å²) in [5, 5.41) is 3.01. The van der Waals surface area contributed by atoms with Crippen molar-refractivity contribution in [3.63, 3.8) is 0 Å². The molecule has 2 amide bonds. The zero-order valence-corrected chi connectivity index (χ0v) is 17.3. The second-order valence-corrected chi connectivity index (χ2v) is 6.90. The predicted molar refractivity (Wildman–Crippen MR) is 110 cm³/mol. The van der Waals surface area contributed by atoms with E-state index in [1.165, 1.54) is 7.05 Å². The number of nitrogens with one attached hydrogen (secondary N) is 1. The minimum atomic E-state index is -0.673. The third kappa shape index (κ3) is 7.12. The molecule has 2 aromatic carbocycles. The molecule has 2 rings (SSSR count). The Balaban J connectivity index is 1.74. The molecule has 0 bridgehead atoms. The van der Waals surface area contributed by atoms with Crippen molar-refractivity contribution < 1.29 is 23.9 Å². The predicted octanol–water partition coefficient (Wildman–Crippen LogP) is 2.98. The summed E-state index contributed by atoms with van der Waals surface area (Å²) in [6, 6.07) is 12.4. The Bertz CT molecular complexity index is 900. The number of carbonyl (C=O) groups excluding carboxylic acids is 3. The first-order valence-corrected chi connectivity index (χ1v) is 9.28. The van der Waals surface area contributed by atoms with Crippen LogP contribution in [-0.4, -0.2) is 49.5 Å². The molecule has 0 saturated carbocycles. The van der Waals surface area contributed by atoms with Gasteiger partial charge in [0.25, 0.3) is 5.91 Å². The van der Waals surface area contributed by atoms with E-state index in [4.69, 9.17) is 21.1 Å². The maximum atomic E-state index is 12.1. The lowest BCUT2D eigenvalue weighted by molar-refractivity contribution is -0.153. The highest BCUT2D eigenvalue weighted by atomic mass is 35.5. The van der Waals surface area contributed by atoms with Crippen LogP contribution < -0.4 is 10.1 Å². The second kappa shape index (κ2) is 10.5. The summed E-state index contributed by atoms with van der Waals surface area (Å²) < 4.78 is 10.4. The highest BCUT2D eigenvalue weighted by Gasteiger charge is 2.16. The number of likely N-dealkylation sites (N-methyl/N-ethyl adjacent to an activating group) is 1. The number of para-hydroxylation sites is 1. The molecule has 0 fully saturated rings. The van der Waals surface area contributed by atoms with E-state index in [9.17, 15) is 14.4 Å². The number of hydrogen-bond acceptors (Lipinski definition) is 5. The molecule has 8 heteroatoms. The maximum Gasteiger partial charge on any atom is 0.344 e. The van der Waals surface area contributed by atoms with Crippen molar-refractivity contribution in [2.75, 3.05) is 32.1 Å². The van der Waals surface area contributed by atoms with Crippen LogP contribution in [0.2, 0.25) is 5.02 Å². The number of hydrogen-bond donors (Lipinski definition) is 1. The Morgan fingerprint density at radius 1 is 1.07 bits per heavy atom. The van der Waals surface area contributed by atoms with Crippen molar-refractivity contribution in [3.8, 4) is 5.75 Å². The molecule has 0 aliphatic rings. The lowest BCUT2D eigenvalue weighted by Crippen LogP contribution is -2.37. The number of benzene rings is 2. The molecule has 0 heterocycles. The maximum absolute atomic E-state index is 12.1. The zero-order chi connectivity index (χ0) is 21.4. The van der Waals surface area contributed by atoms with Crippen LogP contribution >= 0.6 is 11.6 Å². The molecular formula is C21H23ClN2O5. The smallest absolute Gasteiger partial charge is 0.344 e. The van der Waals surface area contributed by atoms with E-state index in [2.05, 4.69) is 5.32 Å². The van der Waals surface area contributed by atoms with Gasteiger partial charge in [0.1, 0.15) is 5.75 Å². The standard InChI is InChI=1S/C21H23ClN2O5/c1-14-8-9-15(2)18(10-14)28-13-21(27)29-12-20(26)24(3)11-19(25)23-17-7-5-4-6-16(17)22/h4-10H,11-13H2,1-3H3,(H,23,25). The van der Waals surface area contributed by atoms with Gasteiger partial charge in [-0.2, -0.15) is 0 Å². The fourth-order valence-corrected chi connectivity index (χ4v) is 2.53. The van der Waals surface area contributed by atoms with Crippen LogP contribution in [0.15, 0.2) is 42.5 Å². The first-order valence-electron chi connectivity index (χ1n) is 8.90. The van der Waals surface area contributed by atoms with Crippen LogP contribution in [0.5, 0.6) is 5.75 Å². The molecule has 1 N–H and O–H groups in total. The van der Waals surface area contributed by atoms with Gasteiger partial charge < -0.3 is 19.7 Å². The average molecular weight is 419 g/mol. The van der Waals surface area contributed by atoms with Gasteiger partial charge in [-0.3, -0.25) is 9.59 Å². The van der Waals surface area contributed by atoms with Gasteiger partial charge in [0.15, 0.2) is 13.2 Å². The molecule has 0 aromatic heterocycles. The Morgan fingerprint density at radius 2 is 1.79 bits per heavy atom. The number of rotatable bonds is 8. The summed E-state index contributed by atoms with van der Waals surface area (Å²) in [5.74, 6) is -1.02. The summed E-state index contributed by atoms with van der Waals surface area (Å²) in [5.41, 5.74) is 2.35. The van der Waals surface area contributed by atoms with Gasteiger partial charge in [-0.1, -0.05) is 35.9 Å². The van der Waals surface area contributed by atoms with E-state index < -0.39 is 24.4 Å². The van der Waals surface area contributed by atoms with E-state index in [0.717, 1.165) is 16.0 Å². The van der Waals surface area contributed by atoms with E-state index in [0.29, 0.717) is 16.5 Å². The van der Waals surface area contributed by atoms with Gasteiger partial charge in [0.2, 0.25) is 5.91 Å². The first-order chi connectivity index (χ1) is 13.8. The van der Waals surface area contributed by atoms with Crippen molar-refractivity contribution >= 4 is 35.1 Å². The molecule has 0 unspecified atom stereocenters. The first kappa shape index (κ1) is 22.2. The third-order valence-corrected chi connectivity index (χ3v) is 4.33. The van der Waals surface area contributed by atoms with Gasteiger partial charge in [0, 0.05) is 7.05 Å². The Kier molecular flexibility index (Phi) is 8.03. The fraction of sp³-hybridized carbons (Fsp3) is 0.286. The molecule has 0 aliphatic carbocycles. The van der Waals surface area contributed by atoms with Crippen LogP contribution in [0.3, 0.4) is 0 Å². The molecule has 0 saturated heterocycles. The molecule has 7 nitrogen and oxygen atoms in total. The second-order valence-electron chi connectivity index (χ2n) is 6.50. The number of anilines is 1. The number of esters is 1. The fourth-order valence-electron chi connectivity index (χ4n) is 2.35. The summed E-state index contributed by atoms with van der Waals surface area (Å²) in [6.45, 7) is 2.78. The van der Waals surface area contributed by atoms with Crippen molar-refractivity contribution in [2.45, 2.75) is 13.8 Å².